The SMILES string of the molecule is CC[C@@H]1CC2C[C@@H](CC[C@H]3[C@@H]2CCC=C2C[C@@H](O)CC[C@@]23C)[C@H]1C(C)=O. The van der Waals surface area contributed by atoms with Crippen LogP contribution in [0.1, 0.15) is 85.0 Å². The van der Waals surface area contributed by atoms with Crippen molar-refractivity contribution in [2.24, 2.45) is 40.9 Å². The summed E-state index contributed by atoms with van der Waals surface area (Å²) >= 11 is 0. The second-order valence-electron chi connectivity index (χ2n) is 10.3. The van der Waals surface area contributed by atoms with E-state index in [1.165, 1.54) is 44.9 Å². The molecule has 2 heteroatoms. The van der Waals surface area contributed by atoms with Crippen molar-refractivity contribution in [2.75, 3.05) is 0 Å². The van der Waals surface area contributed by atoms with Crippen LogP contribution in [0, 0.1) is 40.9 Å². The number of aliphatic hydroxyl groups is 1. The summed E-state index contributed by atoms with van der Waals surface area (Å²) < 4.78 is 0. The third-order valence-corrected chi connectivity index (χ3v) is 9.09. The zero-order valence-electron chi connectivity index (χ0n) is 17.0. The summed E-state index contributed by atoms with van der Waals surface area (Å²) in [6.07, 6.45) is 14.3. The van der Waals surface area contributed by atoms with Gasteiger partial charge in [-0.1, -0.05) is 31.9 Å². The van der Waals surface area contributed by atoms with Crippen molar-refractivity contribution < 1.29 is 9.90 Å². The molecule has 3 saturated carbocycles. The van der Waals surface area contributed by atoms with E-state index in [9.17, 15) is 9.90 Å². The van der Waals surface area contributed by atoms with E-state index in [-0.39, 0.29) is 6.10 Å². The molecule has 1 unspecified atom stereocenters. The molecule has 2 bridgehead atoms. The van der Waals surface area contributed by atoms with Crippen LogP contribution in [0.5, 0.6) is 0 Å². The zero-order chi connectivity index (χ0) is 18.5. The molecule has 0 radical (unpaired) electrons. The molecule has 0 aliphatic heterocycles. The van der Waals surface area contributed by atoms with Crippen LogP contribution in [0.15, 0.2) is 11.6 Å². The molecule has 0 amide bonds. The number of carbonyl (C=O) groups excluding carboxylic acids is 1. The van der Waals surface area contributed by atoms with Gasteiger partial charge in [-0.15, -0.1) is 0 Å². The molecule has 4 aliphatic carbocycles. The third kappa shape index (κ3) is 3.01. The normalized spacial score (nSPS) is 48.5. The minimum absolute atomic E-state index is 0.123. The van der Waals surface area contributed by atoms with Crippen LogP contribution in [0.4, 0.5) is 0 Å². The maximum absolute atomic E-state index is 12.4. The van der Waals surface area contributed by atoms with Crippen LogP contribution in [0.25, 0.3) is 0 Å². The van der Waals surface area contributed by atoms with E-state index in [1.54, 1.807) is 5.57 Å². The fourth-order valence-corrected chi connectivity index (χ4v) is 7.85. The van der Waals surface area contributed by atoms with Crippen LogP contribution in [0.3, 0.4) is 0 Å². The highest BCUT2D eigenvalue weighted by atomic mass is 16.3. The number of fused-ring (bicyclic) bond motifs is 6. The maximum Gasteiger partial charge on any atom is 0.133 e. The number of aliphatic hydroxyl groups excluding tert-OH is 1. The molecule has 0 aromatic carbocycles. The first-order valence-electron chi connectivity index (χ1n) is 11.3. The van der Waals surface area contributed by atoms with E-state index in [4.69, 9.17) is 0 Å². The lowest BCUT2D eigenvalue weighted by Crippen LogP contribution is -2.41. The van der Waals surface area contributed by atoms with Crippen molar-refractivity contribution in [3.05, 3.63) is 11.6 Å². The Balaban J connectivity index is 1.66. The maximum atomic E-state index is 12.4. The lowest BCUT2D eigenvalue weighted by molar-refractivity contribution is -0.126. The van der Waals surface area contributed by atoms with E-state index in [1.807, 2.05) is 6.92 Å². The van der Waals surface area contributed by atoms with Gasteiger partial charge in [-0.05, 0) is 99.7 Å². The second kappa shape index (κ2) is 7.08. The molecule has 1 N–H and O–H groups in total. The van der Waals surface area contributed by atoms with Gasteiger partial charge < -0.3 is 5.11 Å². The van der Waals surface area contributed by atoms with Crippen LogP contribution < -0.4 is 0 Å². The Kier molecular flexibility index (Phi) is 5.09. The average molecular weight is 359 g/mol. The summed E-state index contributed by atoms with van der Waals surface area (Å²) in [6.45, 7) is 6.66. The van der Waals surface area contributed by atoms with Gasteiger partial charge in [-0.3, -0.25) is 4.79 Å². The minimum atomic E-state index is -0.123. The molecule has 0 saturated heterocycles. The Labute approximate surface area is 159 Å². The van der Waals surface area contributed by atoms with Gasteiger partial charge in [0.05, 0.1) is 6.10 Å². The predicted molar refractivity (Wildman–Crippen MR) is 106 cm³/mol. The van der Waals surface area contributed by atoms with Crippen molar-refractivity contribution >= 4 is 5.78 Å². The fourth-order valence-electron chi connectivity index (χ4n) is 7.85. The van der Waals surface area contributed by atoms with Crippen LogP contribution >= 0.6 is 0 Å². The lowest BCUT2D eigenvalue weighted by Gasteiger charge is -2.48. The van der Waals surface area contributed by atoms with E-state index in [2.05, 4.69) is 19.9 Å². The highest BCUT2D eigenvalue weighted by molar-refractivity contribution is 5.79. The average Bonchev–Trinajstić information content (AvgIpc) is 2.84. The molecule has 2 nitrogen and oxygen atoms in total. The molecule has 26 heavy (non-hydrogen) atoms. The topological polar surface area (TPSA) is 37.3 Å². The zero-order valence-corrected chi connectivity index (χ0v) is 17.0. The quantitative estimate of drug-likeness (QED) is 0.658. The Morgan fingerprint density at radius 1 is 1.19 bits per heavy atom. The van der Waals surface area contributed by atoms with Gasteiger partial charge in [-0.2, -0.15) is 0 Å². The molecule has 146 valence electrons. The van der Waals surface area contributed by atoms with Crippen LogP contribution in [-0.2, 0) is 4.79 Å². The number of hydrogen-bond acceptors (Lipinski definition) is 2. The third-order valence-electron chi connectivity index (χ3n) is 9.09. The van der Waals surface area contributed by atoms with Gasteiger partial charge in [0.15, 0.2) is 0 Å². The lowest BCUT2D eigenvalue weighted by atomic mass is 9.57. The summed E-state index contributed by atoms with van der Waals surface area (Å²) in [7, 11) is 0. The van der Waals surface area contributed by atoms with Crippen molar-refractivity contribution in [2.45, 2.75) is 91.1 Å². The molecule has 0 aromatic heterocycles. The van der Waals surface area contributed by atoms with Crippen molar-refractivity contribution in [3.63, 3.8) is 0 Å². The fraction of sp³-hybridized carbons (Fsp3) is 0.875. The van der Waals surface area contributed by atoms with Crippen molar-refractivity contribution in [1.29, 1.82) is 0 Å². The first-order chi connectivity index (χ1) is 12.4. The number of rotatable bonds is 2. The van der Waals surface area contributed by atoms with Crippen molar-refractivity contribution in [1.82, 2.24) is 0 Å². The first kappa shape index (κ1) is 18.7. The highest BCUT2D eigenvalue weighted by Crippen LogP contribution is 2.60. The monoisotopic (exact) mass is 358 g/mol. The number of carbonyl (C=O) groups is 1. The molecule has 4 aliphatic rings. The summed E-state index contributed by atoms with van der Waals surface area (Å²) in [5, 5.41) is 10.2. The first-order valence-corrected chi connectivity index (χ1v) is 11.3. The number of Topliss-reactive ketones (excluding diaryl/α,β-unsaturated/α-hetero) is 1. The van der Waals surface area contributed by atoms with E-state index in [0.29, 0.717) is 29.0 Å². The largest absolute Gasteiger partial charge is 0.393 e. The van der Waals surface area contributed by atoms with Gasteiger partial charge in [0.25, 0.3) is 0 Å². The summed E-state index contributed by atoms with van der Waals surface area (Å²) in [5.41, 5.74) is 1.86. The van der Waals surface area contributed by atoms with E-state index >= 15 is 0 Å². The molecular formula is C24H38O2. The molecule has 8 atom stereocenters. The van der Waals surface area contributed by atoms with Crippen molar-refractivity contribution in [3.8, 4) is 0 Å². The molecule has 0 aromatic rings. The second-order valence-corrected chi connectivity index (χ2v) is 10.3. The summed E-state index contributed by atoms with van der Waals surface area (Å²) in [4.78, 5) is 12.4. The summed E-state index contributed by atoms with van der Waals surface area (Å²) in [5.74, 6) is 4.45. The van der Waals surface area contributed by atoms with Crippen LogP contribution in [0.2, 0.25) is 0 Å². The van der Waals surface area contributed by atoms with Crippen LogP contribution in [-0.4, -0.2) is 17.0 Å². The van der Waals surface area contributed by atoms with Gasteiger partial charge in [-0.25, -0.2) is 0 Å². The molecule has 0 spiro atoms. The predicted octanol–water partition coefficient (Wildman–Crippen LogP) is 5.54. The minimum Gasteiger partial charge on any atom is -0.393 e. The molecular weight excluding hydrogens is 320 g/mol. The molecule has 4 rings (SSSR count). The number of allylic oxidation sites excluding steroid dienone is 1. The Hall–Kier alpha value is -0.630. The summed E-state index contributed by atoms with van der Waals surface area (Å²) in [6, 6.07) is 0. The van der Waals surface area contributed by atoms with Gasteiger partial charge in [0, 0.05) is 5.92 Å². The Bertz CT molecular complexity index is 579. The van der Waals surface area contributed by atoms with E-state index < -0.39 is 0 Å². The Morgan fingerprint density at radius 3 is 2.73 bits per heavy atom. The standard InChI is InChI=1S/C24H38O2/c1-4-16-12-18-13-17(23(16)15(2)25)8-9-22-21(18)7-5-6-19-14-20(26)10-11-24(19,22)3/h6,16-18,20-23,26H,4-5,7-14H2,1-3H3/t16-,17-,18?,20+,21-,22+,23+,24+/m1/s1. The Morgan fingerprint density at radius 2 is 2.00 bits per heavy atom. The smallest absolute Gasteiger partial charge is 0.133 e. The van der Waals surface area contributed by atoms with Gasteiger partial charge in [0.2, 0.25) is 0 Å². The van der Waals surface area contributed by atoms with Gasteiger partial charge >= 0.3 is 0 Å². The molecule has 0 heterocycles. The number of hydrogen-bond donors (Lipinski definition) is 1. The number of ketones is 1. The molecule has 3 fully saturated rings. The van der Waals surface area contributed by atoms with Gasteiger partial charge in [0.1, 0.15) is 5.78 Å². The van der Waals surface area contributed by atoms with E-state index in [0.717, 1.165) is 37.0 Å². The highest BCUT2D eigenvalue weighted by Gasteiger charge is 2.52.